The molecule has 0 saturated heterocycles. The van der Waals surface area contributed by atoms with Gasteiger partial charge in [-0.3, -0.25) is 0 Å². The highest BCUT2D eigenvalue weighted by molar-refractivity contribution is 5.51. The molecule has 122 valence electrons. The van der Waals surface area contributed by atoms with Crippen LogP contribution in [-0.2, 0) is 6.42 Å². The number of aryl methyl sites for hydroxylation is 1. The lowest BCUT2D eigenvalue weighted by Gasteiger charge is -2.16. The fourth-order valence-electron chi connectivity index (χ4n) is 2.47. The summed E-state index contributed by atoms with van der Waals surface area (Å²) < 4.78 is 11.5. The van der Waals surface area contributed by atoms with E-state index in [2.05, 4.69) is 6.58 Å². The molecule has 0 saturated carbocycles. The van der Waals surface area contributed by atoms with Gasteiger partial charge < -0.3 is 14.6 Å². The van der Waals surface area contributed by atoms with Gasteiger partial charge in [-0.05, 0) is 54.7 Å². The maximum absolute atomic E-state index is 10.1. The third-order valence-corrected chi connectivity index (χ3v) is 3.77. The molecule has 23 heavy (non-hydrogen) atoms. The van der Waals surface area contributed by atoms with Gasteiger partial charge in [-0.1, -0.05) is 26.0 Å². The Morgan fingerprint density at radius 1 is 1.13 bits per heavy atom. The fourth-order valence-corrected chi connectivity index (χ4v) is 2.47. The van der Waals surface area contributed by atoms with Gasteiger partial charge in [0.15, 0.2) is 11.5 Å². The fraction of sp³-hybridized carbons (Fsp3) is 0.300. The minimum atomic E-state index is 0.217. The van der Waals surface area contributed by atoms with Crippen molar-refractivity contribution in [3.63, 3.8) is 0 Å². The van der Waals surface area contributed by atoms with Crippen molar-refractivity contribution < 1.29 is 14.6 Å². The number of rotatable bonds is 6. The van der Waals surface area contributed by atoms with Crippen LogP contribution in [0.15, 0.2) is 43.0 Å². The minimum absolute atomic E-state index is 0.217. The molecule has 0 aliphatic carbocycles. The van der Waals surface area contributed by atoms with Crippen LogP contribution in [-0.4, -0.2) is 12.2 Å². The molecule has 1 N–H and O–H groups in total. The van der Waals surface area contributed by atoms with Crippen LogP contribution in [0.5, 0.6) is 23.0 Å². The molecule has 0 heterocycles. The van der Waals surface area contributed by atoms with Crippen LogP contribution in [0.4, 0.5) is 0 Å². The summed E-state index contributed by atoms with van der Waals surface area (Å²) in [6.45, 7) is 9.75. The first-order valence-electron chi connectivity index (χ1n) is 7.75. The standard InChI is InChI=1S/C20H24O3/c1-6-7-15-8-9-18(20(11-15)22-5)23-19-12-16(13(2)3)17(21)10-14(19)4/h6,8-13,21H,1,7H2,2-5H3. The molecule has 0 bridgehead atoms. The summed E-state index contributed by atoms with van der Waals surface area (Å²) in [7, 11) is 1.63. The average Bonchev–Trinajstić information content (AvgIpc) is 2.51. The third kappa shape index (κ3) is 3.86. The molecule has 3 heteroatoms. The molecular weight excluding hydrogens is 288 g/mol. The number of ether oxygens (including phenoxy) is 2. The second-order valence-electron chi connectivity index (χ2n) is 5.91. The smallest absolute Gasteiger partial charge is 0.169 e. The molecule has 0 aliphatic rings. The van der Waals surface area contributed by atoms with Gasteiger partial charge in [-0.15, -0.1) is 6.58 Å². The maximum atomic E-state index is 10.1. The van der Waals surface area contributed by atoms with Crippen molar-refractivity contribution in [3.05, 3.63) is 59.7 Å². The lowest BCUT2D eigenvalue weighted by Crippen LogP contribution is -1.96. The van der Waals surface area contributed by atoms with Crippen molar-refractivity contribution >= 4 is 0 Å². The highest BCUT2D eigenvalue weighted by Crippen LogP contribution is 2.38. The number of hydrogen-bond donors (Lipinski definition) is 1. The largest absolute Gasteiger partial charge is 0.508 e. The predicted octanol–water partition coefficient (Wildman–Crippen LogP) is 5.35. The normalized spacial score (nSPS) is 10.7. The zero-order chi connectivity index (χ0) is 17.0. The highest BCUT2D eigenvalue weighted by atomic mass is 16.5. The van der Waals surface area contributed by atoms with Gasteiger partial charge >= 0.3 is 0 Å². The SMILES string of the molecule is C=CCc1ccc(Oc2cc(C(C)C)c(O)cc2C)c(OC)c1. The van der Waals surface area contributed by atoms with Gasteiger partial charge in [0, 0.05) is 5.56 Å². The van der Waals surface area contributed by atoms with Gasteiger partial charge in [-0.25, -0.2) is 0 Å². The zero-order valence-corrected chi connectivity index (χ0v) is 14.2. The number of phenolic OH excluding ortho intramolecular Hbond substituents is 1. The van der Waals surface area contributed by atoms with Crippen LogP contribution in [0.1, 0.15) is 36.5 Å². The Labute approximate surface area is 138 Å². The third-order valence-electron chi connectivity index (χ3n) is 3.77. The van der Waals surface area contributed by atoms with E-state index in [1.54, 1.807) is 13.2 Å². The molecule has 3 nitrogen and oxygen atoms in total. The Morgan fingerprint density at radius 2 is 1.87 bits per heavy atom. The topological polar surface area (TPSA) is 38.7 Å². The number of phenols is 1. The predicted molar refractivity (Wildman–Crippen MR) is 93.9 cm³/mol. The average molecular weight is 312 g/mol. The summed E-state index contributed by atoms with van der Waals surface area (Å²) in [5, 5.41) is 10.1. The first-order valence-corrected chi connectivity index (χ1v) is 7.75. The molecule has 0 radical (unpaired) electrons. The Bertz CT molecular complexity index is 702. The van der Waals surface area contributed by atoms with E-state index in [-0.39, 0.29) is 5.92 Å². The Kier molecular flexibility index (Phi) is 5.32. The van der Waals surface area contributed by atoms with Gasteiger partial charge in [0.05, 0.1) is 7.11 Å². The quantitative estimate of drug-likeness (QED) is 0.730. The zero-order valence-electron chi connectivity index (χ0n) is 14.2. The van der Waals surface area contributed by atoms with Crippen molar-refractivity contribution in [1.29, 1.82) is 0 Å². The minimum Gasteiger partial charge on any atom is -0.508 e. The molecule has 2 aromatic carbocycles. The monoisotopic (exact) mass is 312 g/mol. The number of allylic oxidation sites excluding steroid dienone is 1. The molecule has 0 atom stereocenters. The second kappa shape index (κ2) is 7.23. The molecule has 0 unspecified atom stereocenters. The van der Waals surface area contributed by atoms with Gasteiger partial charge in [0.1, 0.15) is 11.5 Å². The van der Waals surface area contributed by atoms with Crippen LogP contribution < -0.4 is 9.47 Å². The van der Waals surface area contributed by atoms with E-state index >= 15 is 0 Å². The summed E-state index contributed by atoms with van der Waals surface area (Å²) in [4.78, 5) is 0. The molecule has 0 fully saturated rings. The molecule has 2 rings (SSSR count). The van der Waals surface area contributed by atoms with Crippen LogP contribution in [0.3, 0.4) is 0 Å². The summed E-state index contributed by atoms with van der Waals surface area (Å²) >= 11 is 0. The second-order valence-corrected chi connectivity index (χ2v) is 5.91. The van der Waals surface area contributed by atoms with Crippen molar-refractivity contribution in [2.45, 2.75) is 33.1 Å². The van der Waals surface area contributed by atoms with Crippen molar-refractivity contribution in [3.8, 4) is 23.0 Å². The van der Waals surface area contributed by atoms with Gasteiger partial charge in [0.25, 0.3) is 0 Å². The van der Waals surface area contributed by atoms with E-state index in [1.807, 2.05) is 51.1 Å². The van der Waals surface area contributed by atoms with Crippen LogP contribution >= 0.6 is 0 Å². The summed E-state index contributed by atoms with van der Waals surface area (Å²) in [5.41, 5.74) is 2.87. The van der Waals surface area contributed by atoms with Gasteiger partial charge in [-0.2, -0.15) is 0 Å². The number of benzene rings is 2. The maximum Gasteiger partial charge on any atom is 0.169 e. The molecule has 2 aromatic rings. The van der Waals surface area contributed by atoms with Gasteiger partial charge in [0.2, 0.25) is 0 Å². The molecule has 0 aromatic heterocycles. The Balaban J connectivity index is 2.38. The number of hydrogen-bond acceptors (Lipinski definition) is 3. The van der Waals surface area contributed by atoms with E-state index in [0.29, 0.717) is 17.2 Å². The Hall–Kier alpha value is -2.42. The van der Waals surface area contributed by atoms with E-state index in [9.17, 15) is 5.11 Å². The van der Waals surface area contributed by atoms with Crippen LogP contribution in [0.2, 0.25) is 0 Å². The first-order chi connectivity index (χ1) is 11.0. The molecule has 0 amide bonds. The van der Waals surface area contributed by atoms with Crippen molar-refractivity contribution in [1.82, 2.24) is 0 Å². The summed E-state index contributed by atoms with van der Waals surface area (Å²) in [6, 6.07) is 9.49. The molecule has 0 spiro atoms. The Morgan fingerprint density at radius 3 is 2.48 bits per heavy atom. The lowest BCUT2D eigenvalue weighted by atomic mass is 10.00. The van der Waals surface area contributed by atoms with E-state index in [4.69, 9.17) is 9.47 Å². The van der Waals surface area contributed by atoms with Crippen molar-refractivity contribution in [2.75, 3.05) is 7.11 Å². The lowest BCUT2D eigenvalue weighted by molar-refractivity contribution is 0.377. The van der Waals surface area contributed by atoms with Crippen LogP contribution in [0, 0.1) is 6.92 Å². The highest BCUT2D eigenvalue weighted by Gasteiger charge is 2.13. The van der Waals surface area contributed by atoms with Crippen LogP contribution in [0.25, 0.3) is 0 Å². The van der Waals surface area contributed by atoms with E-state index < -0.39 is 0 Å². The van der Waals surface area contributed by atoms with Crippen molar-refractivity contribution in [2.24, 2.45) is 0 Å². The molecular formula is C20H24O3. The first kappa shape index (κ1) is 16.9. The number of aromatic hydroxyl groups is 1. The summed E-state index contributed by atoms with van der Waals surface area (Å²) in [5.74, 6) is 2.58. The van der Waals surface area contributed by atoms with E-state index in [0.717, 1.165) is 28.9 Å². The summed E-state index contributed by atoms with van der Waals surface area (Å²) in [6.07, 6.45) is 2.64. The van der Waals surface area contributed by atoms with E-state index in [1.165, 1.54) is 0 Å². The number of methoxy groups -OCH3 is 1. The molecule has 0 aliphatic heterocycles.